The molecule has 0 aliphatic carbocycles. The van der Waals surface area contributed by atoms with Gasteiger partial charge in [0, 0.05) is 19.7 Å². The highest BCUT2D eigenvalue weighted by molar-refractivity contribution is 5.81. The zero-order valence-electron chi connectivity index (χ0n) is 11.2. The number of unbranched alkanes of at least 4 members (excludes halogenated alkanes) is 2. The van der Waals surface area contributed by atoms with Crippen LogP contribution in [-0.4, -0.2) is 60.1 Å². The third kappa shape index (κ3) is 4.64. The average molecular weight is 242 g/mol. The molecular weight excluding hydrogens is 216 g/mol. The molecule has 1 rings (SSSR count). The molecule has 1 atom stereocenters. The van der Waals surface area contributed by atoms with E-state index in [2.05, 4.69) is 4.90 Å². The van der Waals surface area contributed by atoms with Crippen LogP contribution in [0, 0.1) is 0 Å². The number of carbonyl (C=O) groups is 1. The van der Waals surface area contributed by atoms with Gasteiger partial charge in [-0.2, -0.15) is 0 Å². The van der Waals surface area contributed by atoms with Crippen LogP contribution in [0.5, 0.6) is 0 Å². The Labute approximate surface area is 105 Å². The highest BCUT2D eigenvalue weighted by atomic mass is 16.2. The normalized spacial score (nSPS) is 17.8. The number of hydrogen-bond acceptors (Lipinski definition) is 3. The molecule has 1 aliphatic rings. The summed E-state index contributed by atoms with van der Waals surface area (Å²) < 4.78 is 0. The molecule has 0 aromatic rings. The summed E-state index contributed by atoms with van der Waals surface area (Å²) in [5, 5.41) is 8.70. The first-order valence-corrected chi connectivity index (χ1v) is 6.76. The van der Waals surface area contributed by atoms with Gasteiger partial charge in [-0.15, -0.1) is 0 Å². The fourth-order valence-electron chi connectivity index (χ4n) is 2.23. The van der Waals surface area contributed by atoms with Crippen LogP contribution >= 0.6 is 0 Å². The molecule has 0 bridgehead atoms. The summed E-state index contributed by atoms with van der Waals surface area (Å²) in [4.78, 5) is 16.2. The molecule has 0 aromatic carbocycles. The maximum absolute atomic E-state index is 12.1. The second kappa shape index (κ2) is 7.67. The smallest absolute Gasteiger partial charge is 0.239 e. The van der Waals surface area contributed by atoms with Crippen LogP contribution in [0.15, 0.2) is 0 Å². The molecule has 1 unspecified atom stereocenters. The molecule has 100 valence electrons. The molecule has 1 saturated heterocycles. The third-order valence-corrected chi connectivity index (χ3v) is 3.61. The molecule has 17 heavy (non-hydrogen) atoms. The summed E-state index contributed by atoms with van der Waals surface area (Å²) in [7, 11) is 2.01. The van der Waals surface area contributed by atoms with Gasteiger partial charge in [0.25, 0.3) is 0 Å². The van der Waals surface area contributed by atoms with E-state index in [0.29, 0.717) is 0 Å². The molecule has 1 aliphatic heterocycles. The minimum Gasteiger partial charge on any atom is -0.396 e. The van der Waals surface area contributed by atoms with E-state index < -0.39 is 0 Å². The Morgan fingerprint density at radius 3 is 2.53 bits per heavy atom. The summed E-state index contributed by atoms with van der Waals surface area (Å²) in [6.07, 6.45) is 5.25. The van der Waals surface area contributed by atoms with Crippen LogP contribution in [0.25, 0.3) is 0 Å². The Kier molecular flexibility index (Phi) is 6.52. The van der Waals surface area contributed by atoms with E-state index in [1.54, 1.807) is 0 Å². The van der Waals surface area contributed by atoms with Crippen molar-refractivity contribution in [2.75, 3.05) is 33.3 Å². The van der Waals surface area contributed by atoms with Crippen molar-refractivity contribution in [3.63, 3.8) is 0 Å². The third-order valence-electron chi connectivity index (χ3n) is 3.61. The molecule has 1 N–H and O–H groups in total. The average Bonchev–Trinajstić information content (AvgIpc) is 2.86. The van der Waals surface area contributed by atoms with Gasteiger partial charge in [0.2, 0.25) is 5.91 Å². The maximum Gasteiger partial charge on any atom is 0.239 e. The van der Waals surface area contributed by atoms with E-state index in [9.17, 15) is 4.79 Å². The van der Waals surface area contributed by atoms with Gasteiger partial charge >= 0.3 is 0 Å². The molecule has 0 saturated carbocycles. The highest BCUT2D eigenvalue weighted by Crippen LogP contribution is 2.11. The minimum absolute atomic E-state index is 0.0118. The van der Waals surface area contributed by atoms with Gasteiger partial charge < -0.3 is 10.0 Å². The number of likely N-dealkylation sites (tertiary alicyclic amines) is 1. The first-order valence-electron chi connectivity index (χ1n) is 6.76. The number of aliphatic hydroxyl groups is 1. The van der Waals surface area contributed by atoms with Crippen LogP contribution < -0.4 is 0 Å². The summed E-state index contributed by atoms with van der Waals surface area (Å²) >= 11 is 0. The number of rotatable bonds is 7. The predicted octanol–water partition coefficient (Wildman–Crippen LogP) is 1.09. The van der Waals surface area contributed by atoms with Gasteiger partial charge in [0.05, 0.1) is 6.04 Å². The van der Waals surface area contributed by atoms with E-state index in [-0.39, 0.29) is 18.6 Å². The van der Waals surface area contributed by atoms with E-state index >= 15 is 0 Å². The Bertz CT molecular complexity index is 227. The summed E-state index contributed by atoms with van der Waals surface area (Å²) in [6.45, 7) is 5.06. The lowest BCUT2D eigenvalue weighted by Gasteiger charge is -2.27. The monoisotopic (exact) mass is 242 g/mol. The predicted molar refractivity (Wildman–Crippen MR) is 68.8 cm³/mol. The lowest BCUT2D eigenvalue weighted by molar-refractivity contribution is -0.134. The van der Waals surface area contributed by atoms with Crippen LogP contribution in [0.1, 0.15) is 39.0 Å². The number of nitrogens with zero attached hydrogens (tertiary/aromatic N) is 2. The van der Waals surface area contributed by atoms with Gasteiger partial charge in [-0.05, 0) is 52.6 Å². The van der Waals surface area contributed by atoms with Crippen LogP contribution in [0.4, 0.5) is 0 Å². The standard InChI is InChI=1S/C13H26N2O2/c1-12(13(17)15-9-5-6-10-15)14(2)8-4-3-7-11-16/h12,16H,3-11H2,1-2H3. The van der Waals surface area contributed by atoms with Crippen molar-refractivity contribution >= 4 is 5.91 Å². The SMILES string of the molecule is CC(C(=O)N1CCCC1)N(C)CCCCCO. The van der Waals surface area contributed by atoms with Crippen LogP contribution in [0.2, 0.25) is 0 Å². The second-order valence-electron chi connectivity index (χ2n) is 4.97. The molecule has 0 radical (unpaired) electrons. The fourth-order valence-corrected chi connectivity index (χ4v) is 2.23. The lowest BCUT2D eigenvalue weighted by atomic mass is 10.2. The van der Waals surface area contributed by atoms with Gasteiger partial charge in [-0.1, -0.05) is 0 Å². The van der Waals surface area contributed by atoms with Crippen molar-refractivity contribution in [1.29, 1.82) is 0 Å². The molecule has 0 spiro atoms. The Morgan fingerprint density at radius 1 is 1.29 bits per heavy atom. The zero-order valence-corrected chi connectivity index (χ0v) is 11.2. The topological polar surface area (TPSA) is 43.8 Å². The number of hydrogen-bond donors (Lipinski definition) is 1. The van der Waals surface area contributed by atoms with E-state index in [4.69, 9.17) is 5.11 Å². The second-order valence-corrected chi connectivity index (χ2v) is 4.97. The zero-order chi connectivity index (χ0) is 12.7. The molecule has 4 heteroatoms. The Morgan fingerprint density at radius 2 is 1.94 bits per heavy atom. The lowest BCUT2D eigenvalue weighted by Crippen LogP contribution is -2.44. The van der Waals surface area contributed by atoms with Crippen molar-refractivity contribution in [1.82, 2.24) is 9.80 Å². The van der Waals surface area contributed by atoms with E-state index in [1.807, 2.05) is 18.9 Å². The maximum atomic E-state index is 12.1. The summed E-state index contributed by atoms with van der Waals surface area (Å²) in [6, 6.07) is -0.0118. The van der Waals surface area contributed by atoms with Crippen molar-refractivity contribution in [3.8, 4) is 0 Å². The van der Waals surface area contributed by atoms with Crippen molar-refractivity contribution in [2.24, 2.45) is 0 Å². The molecule has 1 fully saturated rings. The fraction of sp³-hybridized carbons (Fsp3) is 0.923. The van der Waals surface area contributed by atoms with E-state index in [0.717, 1.165) is 51.7 Å². The van der Waals surface area contributed by atoms with Gasteiger partial charge in [-0.3, -0.25) is 9.69 Å². The van der Waals surface area contributed by atoms with Gasteiger partial charge in [-0.25, -0.2) is 0 Å². The van der Waals surface area contributed by atoms with Crippen molar-refractivity contribution in [2.45, 2.75) is 45.1 Å². The minimum atomic E-state index is -0.0118. The van der Waals surface area contributed by atoms with Gasteiger partial charge in [0.1, 0.15) is 0 Å². The Balaban J connectivity index is 2.24. The number of carbonyl (C=O) groups excluding carboxylic acids is 1. The number of likely N-dealkylation sites (N-methyl/N-ethyl adjacent to an activating group) is 1. The number of aliphatic hydroxyl groups excluding tert-OH is 1. The summed E-state index contributed by atoms with van der Waals surface area (Å²) in [5.74, 6) is 0.271. The van der Waals surface area contributed by atoms with Crippen molar-refractivity contribution < 1.29 is 9.90 Å². The van der Waals surface area contributed by atoms with Crippen molar-refractivity contribution in [3.05, 3.63) is 0 Å². The highest BCUT2D eigenvalue weighted by Gasteiger charge is 2.25. The molecular formula is C13H26N2O2. The molecule has 0 aromatic heterocycles. The first kappa shape index (κ1) is 14.5. The van der Waals surface area contributed by atoms with Gasteiger partial charge in [0.15, 0.2) is 0 Å². The number of amides is 1. The quantitative estimate of drug-likeness (QED) is 0.680. The molecule has 1 heterocycles. The summed E-state index contributed by atoms with van der Waals surface area (Å²) in [5.41, 5.74) is 0. The van der Waals surface area contributed by atoms with Crippen LogP contribution in [-0.2, 0) is 4.79 Å². The first-order chi connectivity index (χ1) is 8.16. The van der Waals surface area contributed by atoms with Crippen LogP contribution in [0.3, 0.4) is 0 Å². The molecule has 1 amide bonds. The largest absolute Gasteiger partial charge is 0.396 e. The van der Waals surface area contributed by atoms with E-state index in [1.165, 1.54) is 0 Å². The molecule has 4 nitrogen and oxygen atoms in total. The Hall–Kier alpha value is -0.610.